The number of hydrogen-bond donors (Lipinski definition) is 0. The Bertz CT molecular complexity index is 655. The molecule has 0 amide bonds. The third-order valence-electron chi connectivity index (χ3n) is 2.83. The molecule has 0 N–H and O–H groups in total. The van der Waals surface area contributed by atoms with Crippen molar-refractivity contribution in [3.8, 4) is 0 Å². The van der Waals surface area contributed by atoms with Crippen LogP contribution in [-0.2, 0) is 46.3 Å². The van der Waals surface area contributed by atoms with Gasteiger partial charge in [0.1, 0.15) is 24.7 Å². The lowest BCUT2D eigenvalue weighted by atomic mass is 10.6. The first-order valence-corrected chi connectivity index (χ1v) is 12.9. The molecular weight excluding hydrogens is 450 g/mol. The Morgan fingerprint density at radius 1 is 0.774 bits per heavy atom. The van der Waals surface area contributed by atoms with E-state index in [1.807, 2.05) is 0 Å². The summed E-state index contributed by atoms with van der Waals surface area (Å²) in [6, 6.07) is 0. The maximum absolute atomic E-state index is 12.0. The molecule has 0 bridgehead atoms. The highest BCUT2D eigenvalue weighted by molar-refractivity contribution is 7.59. The summed E-state index contributed by atoms with van der Waals surface area (Å²) in [5.74, 6) is -1.41. The molecule has 0 heterocycles. The van der Waals surface area contributed by atoms with Crippen molar-refractivity contribution in [3.63, 3.8) is 0 Å². The summed E-state index contributed by atoms with van der Waals surface area (Å²) < 4.78 is 53.0. The molecule has 31 heavy (non-hydrogen) atoms. The van der Waals surface area contributed by atoms with Crippen LogP contribution in [0.4, 0.5) is 0 Å². The average Bonchev–Trinajstić information content (AvgIpc) is 2.70. The Kier molecular flexibility index (Phi) is 18.4. The minimum Gasteiger partial charge on any atom is -0.461 e. The summed E-state index contributed by atoms with van der Waals surface area (Å²) in [7, 11) is -6.93. The van der Waals surface area contributed by atoms with Gasteiger partial charge >= 0.3 is 27.1 Å². The molecule has 0 aliphatic carbocycles. The minimum atomic E-state index is -3.61. The molecule has 0 unspecified atom stereocenters. The second-order valence-electron chi connectivity index (χ2n) is 5.24. The van der Waals surface area contributed by atoms with Gasteiger partial charge in [0.2, 0.25) is 0 Å². The first-order chi connectivity index (χ1) is 14.6. The smallest absolute Gasteiger partial charge is 0.368 e. The molecule has 0 aliphatic heterocycles. The van der Waals surface area contributed by atoms with Crippen LogP contribution in [0.25, 0.3) is 0 Å². The van der Waals surface area contributed by atoms with Crippen LogP contribution in [0.1, 0.15) is 27.7 Å². The molecule has 0 aromatic rings. The van der Waals surface area contributed by atoms with Gasteiger partial charge in [-0.3, -0.25) is 13.9 Å². The van der Waals surface area contributed by atoms with Crippen molar-refractivity contribution in [2.45, 2.75) is 27.7 Å². The van der Waals surface area contributed by atoms with Gasteiger partial charge in [0, 0.05) is 0 Å². The maximum atomic E-state index is 12.0. The molecule has 12 heteroatoms. The Balaban J connectivity index is 0. The van der Waals surface area contributed by atoms with Crippen LogP contribution in [0.5, 0.6) is 0 Å². The van der Waals surface area contributed by atoms with Crippen molar-refractivity contribution < 1.29 is 46.3 Å². The SMILES string of the molecule is C=CCOC(=O)C(=C)P(=O)(OCC)OCC.C=CCOC(=O)CP(=O)(OCC)OCC. The van der Waals surface area contributed by atoms with Crippen molar-refractivity contribution >= 4 is 27.1 Å². The average molecular weight is 484 g/mol. The summed E-state index contributed by atoms with van der Waals surface area (Å²) in [4.78, 5) is 22.6. The fourth-order valence-electron chi connectivity index (χ4n) is 1.74. The quantitative estimate of drug-likeness (QED) is 0.134. The molecule has 0 saturated carbocycles. The highest BCUT2D eigenvalue weighted by Gasteiger charge is 2.34. The zero-order valence-corrected chi connectivity index (χ0v) is 20.5. The number of hydrogen-bond acceptors (Lipinski definition) is 10. The largest absolute Gasteiger partial charge is 0.461 e. The Morgan fingerprint density at radius 3 is 1.58 bits per heavy atom. The van der Waals surface area contributed by atoms with Gasteiger partial charge in [-0.2, -0.15) is 0 Å². The van der Waals surface area contributed by atoms with E-state index in [-0.39, 0.29) is 51.1 Å². The van der Waals surface area contributed by atoms with E-state index in [9.17, 15) is 18.7 Å². The third kappa shape index (κ3) is 14.2. The highest BCUT2D eigenvalue weighted by Crippen LogP contribution is 2.55. The topological polar surface area (TPSA) is 124 Å². The van der Waals surface area contributed by atoms with Crippen molar-refractivity contribution in [1.29, 1.82) is 0 Å². The van der Waals surface area contributed by atoms with E-state index in [4.69, 9.17) is 27.6 Å². The predicted octanol–water partition coefficient (Wildman–Crippen LogP) is 4.48. The summed E-state index contributed by atoms with van der Waals surface area (Å²) >= 11 is 0. The minimum absolute atomic E-state index is 0.0239. The molecular formula is C19H34O10P2. The molecule has 180 valence electrons. The van der Waals surface area contributed by atoms with Gasteiger partial charge in [-0.15, -0.1) is 0 Å². The fraction of sp³-hybridized carbons (Fsp3) is 0.579. The number of rotatable bonds is 16. The standard InChI is InChI=1S/C10H17O5P.C9H17O5P/c1-5-8-13-10(11)9(4)16(12,14-6-2)15-7-3;1-4-7-12-9(10)8-15(11,13-5-2)14-6-3/h5H,1,4,6-8H2,2-3H3;4H,1,5-8H2,2-3H3. The van der Waals surface area contributed by atoms with Crippen LogP contribution in [0.15, 0.2) is 37.2 Å². The number of esters is 2. The van der Waals surface area contributed by atoms with E-state index in [1.165, 1.54) is 12.2 Å². The predicted molar refractivity (Wildman–Crippen MR) is 118 cm³/mol. The van der Waals surface area contributed by atoms with Crippen molar-refractivity contribution in [2.75, 3.05) is 45.8 Å². The summed E-state index contributed by atoms with van der Waals surface area (Å²) in [6.07, 6.45) is 2.48. The maximum Gasteiger partial charge on any atom is 0.368 e. The molecule has 0 rings (SSSR count). The van der Waals surface area contributed by atoms with Gasteiger partial charge in [0.25, 0.3) is 0 Å². The highest BCUT2D eigenvalue weighted by atomic mass is 31.2. The molecule has 0 fully saturated rings. The van der Waals surface area contributed by atoms with E-state index in [0.29, 0.717) is 0 Å². The lowest BCUT2D eigenvalue weighted by Gasteiger charge is -2.17. The van der Waals surface area contributed by atoms with E-state index in [0.717, 1.165) is 0 Å². The third-order valence-corrected chi connectivity index (χ3v) is 6.82. The first kappa shape index (κ1) is 31.6. The summed E-state index contributed by atoms with van der Waals surface area (Å²) in [5.41, 5.74) is 0. The monoisotopic (exact) mass is 484 g/mol. The summed E-state index contributed by atoms with van der Waals surface area (Å²) in [6.45, 7) is 17.7. The molecule has 0 aromatic carbocycles. The Labute approximate surface area is 184 Å². The van der Waals surface area contributed by atoms with E-state index >= 15 is 0 Å². The number of ether oxygens (including phenoxy) is 2. The van der Waals surface area contributed by atoms with Crippen LogP contribution in [-0.4, -0.2) is 57.7 Å². The van der Waals surface area contributed by atoms with E-state index < -0.39 is 27.1 Å². The molecule has 0 saturated heterocycles. The molecule has 10 nitrogen and oxygen atoms in total. The Morgan fingerprint density at radius 2 is 1.19 bits per heavy atom. The lowest BCUT2D eigenvalue weighted by Crippen LogP contribution is -2.13. The van der Waals surface area contributed by atoms with Crippen molar-refractivity contribution in [2.24, 2.45) is 0 Å². The Hall–Kier alpha value is -1.54. The summed E-state index contributed by atoms with van der Waals surface area (Å²) in [5, 5.41) is -0.293. The molecule has 0 aromatic heterocycles. The zero-order chi connectivity index (χ0) is 24.3. The van der Waals surface area contributed by atoms with Gasteiger partial charge in [0.05, 0.1) is 26.4 Å². The van der Waals surface area contributed by atoms with Crippen LogP contribution >= 0.6 is 15.2 Å². The molecule has 0 spiro atoms. The van der Waals surface area contributed by atoms with Crippen molar-refractivity contribution in [3.05, 3.63) is 37.2 Å². The lowest BCUT2D eigenvalue weighted by molar-refractivity contribution is -0.139. The van der Waals surface area contributed by atoms with Gasteiger partial charge in [-0.25, -0.2) is 4.79 Å². The van der Waals surface area contributed by atoms with Crippen molar-refractivity contribution in [1.82, 2.24) is 0 Å². The van der Waals surface area contributed by atoms with Crippen LogP contribution in [0.2, 0.25) is 0 Å². The fourth-order valence-corrected chi connectivity index (χ4v) is 4.55. The normalized spacial score (nSPS) is 11.0. The van der Waals surface area contributed by atoms with Gasteiger partial charge in [0.15, 0.2) is 0 Å². The van der Waals surface area contributed by atoms with Gasteiger partial charge in [-0.1, -0.05) is 31.9 Å². The molecule has 0 atom stereocenters. The van der Waals surface area contributed by atoms with E-state index in [2.05, 4.69) is 19.7 Å². The molecule has 0 aliphatic rings. The van der Waals surface area contributed by atoms with Gasteiger partial charge in [-0.05, 0) is 27.7 Å². The second kappa shape index (κ2) is 18.1. The van der Waals surface area contributed by atoms with Crippen LogP contribution in [0, 0.1) is 0 Å². The molecule has 0 radical (unpaired) electrons. The first-order valence-electron chi connectivity index (χ1n) is 9.60. The number of carbonyl (C=O) groups is 2. The number of carbonyl (C=O) groups excluding carboxylic acids is 2. The van der Waals surface area contributed by atoms with Crippen LogP contribution < -0.4 is 0 Å². The van der Waals surface area contributed by atoms with E-state index in [1.54, 1.807) is 27.7 Å². The van der Waals surface area contributed by atoms with Crippen LogP contribution in [0.3, 0.4) is 0 Å². The van der Waals surface area contributed by atoms with Gasteiger partial charge < -0.3 is 27.6 Å². The second-order valence-corrected chi connectivity index (χ2v) is 9.35. The zero-order valence-electron chi connectivity index (χ0n) is 18.7.